The molecule has 1 aromatic carbocycles. The molecule has 138 valence electrons. The Morgan fingerprint density at radius 2 is 1.96 bits per heavy atom. The topological polar surface area (TPSA) is 91.6 Å². The fourth-order valence-electron chi connectivity index (χ4n) is 2.48. The van der Waals surface area contributed by atoms with E-state index >= 15 is 0 Å². The number of guanidine groups is 1. The largest absolute Gasteiger partial charge is 0.357 e. The molecule has 3 rings (SSSR count). The molecule has 1 aliphatic carbocycles. The molecule has 1 amide bonds. The normalized spacial score (nSPS) is 14.1. The van der Waals surface area contributed by atoms with E-state index in [1.165, 1.54) is 0 Å². The van der Waals surface area contributed by atoms with E-state index in [9.17, 15) is 4.79 Å². The van der Waals surface area contributed by atoms with Gasteiger partial charge in [-0.05, 0) is 19.8 Å². The molecule has 7 heteroatoms. The Morgan fingerprint density at radius 3 is 2.69 bits per heavy atom. The van der Waals surface area contributed by atoms with E-state index < -0.39 is 0 Å². The second-order valence-corrected chi connectivity index (χ2v) is 6.24. The summed E-state index contributed by atoms with van der Waals surface area (Å²) in [5, 5.41) is 13.4. The lowest BCUT2D eigenvalue weighted by Crippen LogP contribution is -2.41. The molecule has 26 heavy (non-hydrogen) atoms. The molecule has 0 spiro atoms. The van der Waals surface area contributed by atoms with E-state index in [0.717, 1.165) is 36.4 Å². The first-order valence-electron chi connectivity index (χ1n) is 9.07. The number of carbonyl (C=O) groups is 1. The minimum absolute atomic E-state index is 0.157. The summed E-state index contributed by atoms with van der Waals surface area (Å²) in [6.45, 7) is 4.39. The first-order valence-corrected chi connectivity index (χ1v) is 9.07. The van der Waals surface area contributed by atoms with Gasteiger partial charge in [0.15, 0.2) is 11.7 Å². The maximum atomic E-state index is 11.6. The molecule has 1 fully saturated rings. The van der Waals surface area contributed by atoms with Gasteiger partial charge in [-0.2, -0.15) is 0 Å². The van der Waals surface area contributed by atoms with Crippen molar-refractivity contribution in [1.82, 2.24) is 21.1 Å². The van der Waals surface area contributed by atoms with E-state index in [1.807, 2.05) is 43.3 Å². The number of hydrogen-bond acceptors (Lipinski definition) is 4. The Hall–Kier alpha value is -2.83. The number of benzene rings is 1. The van der Waals surface area contributed by atoms with E-state index in [1.54, 1.807) is 0 Å². The first-order chi connectivity index (χ1) is 12.8. The van der Waals surface area contributed by atoms with Gasteiger partial charge in [-0.15, -0.1) is 0 Å². The minimum Gasteiger partial charge on any atom is -0.357 e. The van der Waals surface area contributed by atoms with Crippen LogP contribution < -0.4 is 16.0 Å². The molecule has 7 nitrogen and oxygen atoms in total. The standard InChI is InChI=1S/C19H25N5O2/c1-2-20-19(22-11-10-21-18(25)15-8-9-15)23-13-16-12-17(26-24-16)14-6-4-3-5-7-14/h3-7,12,15H,2,8-11,13H2,1H3,(H,21,25)(H2,20,22,23). The Labute approximate surface area is 153 Å². The highest BCUT2D eigenvalue weighted by Crippen LogP contribution is 2.28. The lowest BCUT2D eigenvalue weighted by atomic mass is 10.2. The van der Waals surface area contributed by atoms with Crippen molar-refractivity contribution in [2.75, 3.05) is 19.6 Å². The molecule has 0 aliphatic heterocycles. The Kier molecular flexibility index (Phi) is 6.24. The summed E-state index contributed by atoms with van der Waals surface area (Å²) < 4.78 is 5.39. The highest BCUT2D eigenvalue weighted by molar-refractivity contribution is 5.81. The van der Waals surface area contributed by atoms with Gasteiger partial charge in [0.1, 0.15) is 5.69 Å². The number of rotatable bonds is 8. The second kappa shape index (κ2) is 9.03. The molecular weight excluding hydrogens is 330 g/mol. The number of aromatic nitrogens is 1. The zero-order valence-electron chi connectivity index (χ0n) is 15.0. The summed E-state index contributed by atoms with van der Waals surface area (Å²) >= 11 is 0. The van der Waals surface area contributed by atoms with Gasteiger partial charge >= 0.3 is 0 Å². The Balaban J connectivity index is 1.48. The maximum Gasteiger partial charge on any atom is 0.223 e. The van der Waals surface area contributed by atoms with Gasteiger partial charge in [0.25, 0.3) is 0 Å². The van der Waals surface area contributed by atoms with Gasteiger partial charge in [-0.25, -0.2) is 4.99 Å². The summed E-state index contributed by atoms with van der Waals surface area (Å²) in [7, 11) is 0. The summed E-state index contributed by atoms with van der Waals surface area (Å²) in [4.78, 5) is 16.1. The predicted molar refractivity (Wildman–Crippen MR) is 100 cm³/mol. The molecular formula is C19H25N5O2. The quantitative estimate of drug-likeness (QED) is 0.382. The number of carbonyl (C=O) groups excluding carboxylic acids is 1. The zero-order valence-corrected chi connectivity index (χ0v) is 15.0. The highest BCUT2D eigenvalue weighted by Gasteiger charge is 2.28. The minimum atomic E-state index is 0.157. The number of nitrogens with zero attached hydrogens (tertiary/aromatic N) is 2. The first kappa shape index (κ1) is 18.0. The second-order valence-electron chi connectivity index (χ2n) is 6.24. The van der Waals surface area contributed by atoms with Crippen LogP contribution in [0, 0.1) is 5.92 Å². The van der Waals surface area contributed by atoms with E-state index in [2.05, 4.69) is 26.1 Å². The maximum absolute atomic E-state index is 11.6. The molecule has 1 heterocycles. The van der Waals surface area contributed by atoms with Crippen LogP contribution in [0.4, 0.5) is 0 Å². The van der Waals surface area contributed by atoms with Crippen LogP contribution in [0.2, 0.25) is 0 Å². The summed E-state index contributed by atoms with van der Waals surface area (Å²) in [5.74, 6) is 1.82. The van der Waals surface area contributed by atoms with Crippen molar-refractivity contribution in [2.45, 2.75) is 26.3 Å². The zero-order chi connectivity index (χ0) is 18.2. The third kappa shape index (κ3) is 5.34. The number of aliphatic imine (C=N–C) groups is 1. The number of hydrogen-bond donors (Lipinski definition) is 3. The van der Waals surface area contributed by atoms with Crippen molar-refractivity contribution in [3.8, 4) is 11.3 Å². The van der Waals surface area contributed by atoms with Gasteiger partial charge in [-0.1, -0.05) is 35.5 Å². The molecule has 1 saturated carbocycles. The molecule has 0 saturated heterocycles. The average Bonchev–Trinajstić information content (AvgIpc) is 3.42. The molecule has 0 atom stereocenters. The smallest absolute Gasteiger partial charge is 0.223 e. The van der Waals surface area contributed by atoms with Crippen LogP contribution in [0.1, 0.15) is 25.5 Å². The van der Waals surface area contributed by atoms with Crippen LogP contribution in [0.3, 0.4) is 0 Å². The number of amides is 1. The SMILES string of the molecule is CCNC(=NCc1cc(-c2ccccc2)on1)NCCNC(=O)C1CC1. The van der Waals surface area contributed by atoms with Crippen molar-refractivity contribution in [1.29, 1.82) is 0 Å². The summed E-state index contributed by atoms with van der Waals surface area (Å²) in [6, 6.07) is 11.8. The van der Waals surface area contributed by atoms with Crippen LogP contribution in [0.25, 0.3) is 11.3 Å². The summed E-state index contributed by atoms with van der Waals surface area (Å²) in [5.41, 5.74) is 1.76. The van der Waals surface area contributed by atoms with Crippen LogP contribution >= 0.6 is 0 Å². The lowest BCUT2D eigenvalue weighted by Gasteiger charge is -2.11. The van der Waals surface area contributed by atoms with Gasteiger partial charge in [0, 0.05) is 37.2 Å². The van der Waals surface area contributed by atoms with Gasteiger partial charge < -0.3 is 20.5 Å². The van der Waals surface area contributed by atoms with Crippen molar-refractivity contribution < 1.29 is 9.32 Å². The van der Waals surface area contributed by atoms with Crippen LogP contribution in [-0.4, -0.2) is 36.7 Å². The molecule has 1 aliphatic rings. The molecule has 0 unspecified atom stereocenters. The predicted octanol–water partition coefficient (Wildman–Crippen LogP) is 1.92. The van der Waals surface area contributed by atoms with E-state index in [0.29, 0.717) is 25.6 Å². The monoisotopic (exact) mass is 355 g/mol. The molecule has 2 aromatic rings. The molecule has 0 bridgehead atoms. The van der Waals surface area contributed by atoms with Crippen molar-refractivity contribution >= 4 is 11.9 Å². The third-order valence-electron chi connectivity index (χ3n) is 4.03. The van der Waals surface area contributed by atoms with Crippen LogP contribution in [-0.2, 0) is 11.3 Å². The summed E-state index contributed by atoms with van der Waals surface area (Å²) in [6.07, 6.45) is 2.04. The van der Waals surface area contributed by atoms with Crippen molar-refractivity contribution in [2.24, 2.45) is 10.9 Å². The van der Waals surface area contributed by atoms with E-state index in [-0.39, 0.29) is 11.8 Å². The Morgan fingerprint density at radius 1 is 1.19 bits per heavy atom. The Bertz CT molecular complexity index is 737. The van der Waals surface area contributed by atoms with E-state index in [4.69, 9.17) is 4.52 Å². The highest BCUT2D eigenvalue weighted by atomic mass is 16.5. The molecule has 3 N–H and O–H groups in total. The molecule has 0 radical (unpaired) electrons. The third-order valence-corrected chi connectivity index (χ3v) is 4.03. The fraction of sp³-hybridized carbons (Fsp3) is 0.421. The van der Waals surface area contributed by atoms with Crippen LogP contribution in [0.5, 0.6) is 0 Å². The number of nitrogens with one attached hydrogen (secondary N) is 3. The average molecular weight is 355 g/mol. The van der Waals surface area contributed by atoms with Gasteiger partial charge in [0.05, 0.1) is 6.54 Å². The fourth-order valence-corrected chi connectivity index (χ4v) is 2.48. The van der Waals surface area contributed by atoms with Crippen LogP contribution in [0.15, 0.2) is 45.9 Å². The molecule has 1 aromatic heterocycles. The van der Waals surface area contributed by atoms with Crippen molar-refractivity contribution in [3.05, 3.63) is 42.1 Å². The lowest BCUT2D eigenvalue weighted by molar-refractivity contribution is -0.122. The van der Waals surface area contributed by atoms with Crippen molar-refractivity contribution in [3.63, 3.8) is 0 Å². The van der Waals surface area contributed by atoms with Gasteiger partial charge in [-0.3, -0.25) is 4.79 Å². The van der Waals surface area contributed by atoms with Gasteiger partial charge in [0.2, 0.25) is 5.91 Å².